The largest absolute Gasteiger partial charge is 0.492 e. The molecule has 1 saturated heterocycles. The molecule has 9 heteroatoms. The second-order valence-electron chi connectivity index (χ2n) is 10.4. The lowest BCUT2D eigenvalue weighted by atomic mass is 9.95. The van der Waals surface area contributed by atoms with Crippen LogP contribution in [0.2, 0.25) is 0 Å². The molecule has 194 valence electrons. The molecule has 1 fully saturated rings. The number of morpholine rings is 1. The number of carboxylic acids is 1. The molecule has 2 heterocycles. The number of halogens is 3. The molecule has 1 aliphatic carbocycles. The maximum Gasteiger partial charge on any atom is 0.416 e. The van der Waals surface area contributed by atoms with Crippen molar-refractivity contribution >= 4 is 5.97 Å². The summed E-state index contributed by atoms with van der Waals surface area (Å²) in [4.78, 5) is 13.1. The Morgan fingerprint density at radius 3 is 2.72 bits per heavy atom. The van der Waals surface area contributed by atoms with Crippen molar-refractivity contribution in [2.24, 2.45) is 0 Å². The topological polar surface area (TPSA) is 68.2 Å². The van der Waals surface area contributed by atoms with E-state index in [-0.39, 0.29) is 25.0 Å². The van der Waals surface area contributed by atoms with Crippen LogP contribution in [0, 0.1) is 0 Å². The Morgan fingerprint density at radius 1 is 1.22 bits per heavy atom. The normalized spacial score (nSPS) is 23.1. The van der Waals surface area contributed by atoms with Gasteiger partial charge in [-0.15, -0.1) is 0 Å². The van der Waals surface area contributed by atoms with Gasteiger partial charge in [0.25, 0.3) is 0 Å². The summed E-state index contributed by atoms with van der Waals surface area (Å²) in [6, 6.07) is 8.08. The van der Waals surface area contributed by atoms with E-state index in [9.17, 15) is 18.0 Å². The van der Waals surface area contributed by atoms with E-state index in [1.165, 1.54) is 6.07 Å². The zero-order valence-corrected chi connectivity index (χ0v) is 20.4. The fourth-order valence-corrected chi connectivity index (χ4v) is 5.65. The molecule has 36 heavy (non-hydrogen) atoms. The van der Waals surface area contributed by atoms with Crippen molar-refractivity contribution in [3.05, 3.63) is 58.1 Å². The molecule has 0 bridgehead atoms. The quantitative estimate of drug-likeness (QED) is 0.572. The summed E-state index contributed by atoms with van der Waals surface area (Å²) in [5.41, 5.74) is 1.69. The number of fused-ring (bicyclic) bond motifs is 2. The fraction of sp³-hybridized carbons (Fsp3) is 0.519. The number of alkyl halides is 3. The molecule has 2 aliphatic heterocycles. The van der Waals surface area contributed by atoms with E-state index in [0.717, 1.165) is 16.7 Å². The van der Waals surface area contributed by atoms with Gasteiger partial charge in [0.05, 0.1) is 30.8 Å². The van der Waals surface area contributed by atoms with Crippen molar-refractivity contribution in [1.82, 2.24) is 4.90 Å². The SMILES string of the molecule is CC1(C)CN(Cc2c(C(F)(F)F)ccc3c2CC[C@H]3Oc2ccc3c(c2)OCC3CC(=O)O)CCO1. The van der Waals surface area contributed by atoms with E-state index >= 15 is 0 Å². The van der Waals surface area contributed by atoms with Gasteiger partial charge in [0.15, 0.2) is 0 Å². The highest BCUT2D eigenvalue weighted by atomic mass is 19.4. The average molecular weight is 506 g/mol. The summed E-state index contributed by atoms with van der Waals surface area (Å²) in [6.07, 6.45) is -3.72. The first-order chi connectivity index (χ1) is 17.0. The van der Waals surface area contributed by atoms with Gasteiger partial charge < -0.3 is 19.3 Å². The number of aliphatic carboxylic acids is 1. The van der Waals surface area contributed by atoms with Gasteiger partial charge >= 0.3 is 12.1 Å². The lowest BCUT2D eigenvalue weighted by molar-refractivity contribution is -0.139. The molecule has 1 unspecified atom stereocenters. The summed E-state index contributed by atoms with van der Waals surface area (Å²) < 4.78 is 59.6. The number of benzene rings is 2. The fourth-order valence-electron chi connectivity index (χ4n) is 5.65. The second-order valence-corrected chi connectivity index (χ2v) is 10.4. The molecule has 2 aromatic rings. The molecule has 3 aliphatic rings. The smallest absolute Gasteiger partial charge is 0.416 e. The van der Waals surface area contributed by atoms with Crippen LogP contribution < -0.4 is 9.47 Å². The number of hydrogen-bond acceptors (Lipinski definition) is 5. The summed E-state index contributed by atoms with van der Waals surface area (Å²) in [5.74, 6) is 0.0697. The number of ether oxygens (including phenoxy) is 3. The monoisotopic (exact) mass is 505 g/mol. The van der Waals surface area contributed by atoms with Crippen LogP contribution in [0.5, 0.6) is 11.5 Å². The minimum Gasteiger partial charge on any atom is -0.492 e. The summed E-state index contributed by atoms with van der Waals surface area (Å²) in [7, 11) is 0. The molecule has 2 aromatic carbocycles. The Hall–Kier alpha value is -2.78. The van der Waals surface area contributed by atoms with Gasteiger partial charge in [-0.3, -0.25) is 9.69 Å². The zero-order valence-electron chi connectivity index (χ0n) is 20.4. The minimum absolute atomic E-state index is 0.00611. The third-order valence-electron chi connectivity index (χ3n) is 7.23. The number of carboxylic acid groups (broad SMARTS) is 1. The molecule has 0 spiro atoms. The third kappa shape index (κ3) is 5.04. The molecule has 0 aromatic heterocycles. The van der Waals surface area contributed by atoms with Crippen molar-refractivity contribution in [2.45, 2.75) is 63.5 Å². The lowest BCUT2D eigenvalue weighted by Crippen LogP contribution is -2.48. The predicted octanol–water partition coefficient (Wildman–Crippen LogP) is 5.33. The minimum atomic E-state index is -4.44. The molecule has 0 amide bonds. The van der Waals surface area contributed by atoms with Crippen LogP contribution in [0.25, 0.3) is 0 Å². The first-order valence-electron chi connectivity index (χ1n) is 12.2. The highest BCUT2D eigenvalue weighted by Gasteiger charge is 2.39. The number of hydrogen-bond donors (Lipinski definition) is 1. The lowest BCUT2D eigenvalue weighted by Gasteiger charge is -2.38. The first kappa shape index (κ1) is 24.9. The van der Waals surface area contributed by atoms with Crippen molar-refractivity contribution < 1.29 is 37.3 Å². The highest BCUT2D eigenvalue weighted by Crippen LogP contribution is 2.44. The molecular weight excluding hydrogens is 475 g/mol. The van der Waals surface area contributed by atoms with Gasteiger partial charge in [-0.25, -0.2) is 0 Å². The van der Waals surface area contributed by atoms with Gasteiger partial charge in [-0.05, 0) is 55.5 Å². The summed E-state index contributed by atoms with van der Waals surface area (Å²) in [6.45, 7) is 6.06. The number of carbonyl (C=O) groups is 1. The van der Waals surface area contributed by atoms with Crippen LogP contribution in [0.15, 0.2) is 30.3 Å². The van der Waals surface area contributed by atoms with E-state index in [1.54, 1.807) is 18.2 Å². The Balaban J connectivity index is 1.39. The highest BCUT2D eigenvalue weighted by molar-refractivity contribution is 5.68. The standard InChI is InChI=1S/C27H30F3NO5/c1-26(2)15-31(9-10-35-26)13-21-19-6-8-23(20(19)5-7-22(21)27(28,29)30)36-17-3-4-18-16(11-25(32)33)14-34-24(18)12-17/h3-5,7,12,16,23H,6,8-11,13-15H2,1-2H3,(H,32,33)/t16?,23-/m1/s1. The third-order valence-corrected chi connectivity index (χ3v) is 7.23. The van der Waals surface area contributed by atoms with Crippen molar-refractivity contribution in [1.29, 1.82) is 0 Å². The van der Waals surface area contributed by atoms with Gasteiger partial charge in [0.1, 0.15) is 17.6 Å². The van der Waals surface area contributed by atoms with Crippen LogP contribution in [0.4, 0.5) is 13.2 Å². The first-order valence-corrected chi connectivity index (χ1v) is 12.2. The Bertz CT molecular complexity index is 1160. The van der Waals surface area contributed by atoms with Crippen LogP contribution >= 0.6 is 0 Å². The molecule has 1 N–H and O–H groups in total. The van der Waals surface area contributed by atoms with E-state index in [4.69, 9.17) is 19.3 Å². The summed E-state index contributed by atoms with van der Waals surface area (Å²) >= 11 is 0. The van der Waals surface area contributed by atoms with Gasteiger partial charge in [-0.2, -0.15) is 13.2 Å². The van der Waals surface area contributed by atoms with Gasteiger partial charge in [0, 0.05) is 37.2 Å². The van der Waals surface area contributed by atoms with Gasteiger partial charge in [-0.1, -0.05) is 12.1 Å². The Kier molecular flexibility index (Phi) is 6.41. The van der Waals surface area contributed by atoms with E-state index in [2.05, 4.69) is 0 Å². The molecule has 2 atom stereocenters. The van der Waals surface area contributed by atoms with E-state index < -0.39 is 23.3 Å². The number of rotatable bonds is 6. The molecule has 6 nitrogen and oxygen atoms in total. The Morgan fingerprint density at radius 2 is 2.00 bits per heavy atom. The Labute approximate surface area is 207 Å². The molecular formula is C27H30F3NO5. The molecule has 5 rings (SSSR count). The van der Waals surface area contributed by atoms with Crippen LogP contribution in [-0.4, -0.2) is 47.9 Å². The summed E-state index contributed by atoms with van der Waals surface area (Å²) in [5, 5.41) is 9.10. The molecule has 0 radical (unpaired) electrons. The van der Waals surface area contributed by atoms with E-state index in [0.29, 0.717) is 56.2 Å². The zero-order chi connectivity index (χ0) is 25.7. The van der Waals surface area contributed by atoms with Crippen LogP contribution in [0.1, 0.15) is 66.5 Å². The maximum atomic E-state index is 14.0. The van der Waals surface area contributed by atoms with Crippen molar-refractivity contribution in [3.63, 3.8) is 0 Å². The van der Waals surface area contributed by atoms with Crippen molar-refractivity contribution in [3.8, 4) is 11.5 Å². The van der Waals surface area contributed by atoms with Gasteiger partial charge in [0.2, 0.25) is 0 Å². The maximum absolute atomic E-state index is 14.0. The second kappa shape index (κ2) is 9.27. The van der Waals surface area contributed by atoms with Crippen LogP contribution in [-0.2, 0) is 28.7 Å². The average Bonchev–Trinajstić information content (AvgIpc) is 3.36. The van der Waals surface area contributed by atoms with Crippen molar-refractivity contribution in [2.75, 3.05) is 26.3 Å². The van der Waals surface area contributed by atoms with E-state index in [1.807, 2.05) is 24.8 Å². The van der Waals surface area contributed by atoms with Crippen LogP contribution in [0.3, 0.4) is 0 Å². The predicted molar refractivity (Wildman–Crippen MR) is 125 cm³/mol. The molecule has 0 saturated carbocycles. The number of nitrogens with zero attached hydrogens (tertiary/aromatic N) is 1.